The Bertz CT molecular complexity index is 1090. The minimum atomic E-state index is -4.48. The predicted molar refractivity (Wildman–Crippen MR) is 118 cm³/mol. The van der Waals surface area contributed by atoms with E-state index in [-0.39, 0.29) is 19.4 Å². The number of alkyl halides is 3. The average molecular weight is 477 g/mol. The maximum absolute atomic E-state index is 12.9. The van der Waals surface area contributed by atoms with Crippen LogP contribution in [0, 0.1) is 12.8 Å². The van der Waals surface area contributed by atoms with Gasteiger partial charge < -0.3 is 21.7 Å². The van der Waals surface area contributed by atoms with Gasteiger partial charge in [-0.15, -0.1) is 0 Å². The SMILES string of the molecule is Cc1nc(N)ccc1CNC(=O)[C@H](C)NC(=O)[C@H]1C[C@H](Cc2cccc(C(F)(F)F)c2)C(=O)N1. The van der Waals surface area contributed by atoms with Crippen LogP contribution in [0.15, 0.2) is 36.4 Å². The van der Waals surface area contributed by atoms with Gasteiger partial charge in [-0.1, -0.05) is 24.3 Å². The molecule has 2 aromatic rings. The maximum Gasteiger partial charge on any atom is 0.416 e. The summed E-state index contributed by atoms with van der Waals surface area (Å²) in [4.78, 5) is 41.4. The van der Waals surface area contributed by atoms with Gasteiger partial charge in [0.05, 0.1) is 5.56 Å². The molecule has 3 atom stereocenters. The zero-order valence-corrected chi connectivity index (χ0v) is 18.7. The minimum Gasteiger partial charge on any atom is -0.384 e. The Hall–Kier alpha value is -3.63. The molecule has 0 unspecified atom stereocenters. The molecule has 1 aliphatic rings. The van der Waals surface area contributed by atoms with Gasteiger partial charge in [0, 0.05) is 18.2 Å². The van der Waals surface area contributed by atoms with Crippen molar-refractivity contribution in [2.45, 2.75) is 51.5 Å². The normalized spacial score (nSPS) is 18.8. The van der Waals surface area contributed by atoms with E-state index in [9.17, 15) is 27.6 Å². The summed E-state index contributed by atoms with van der Waals surface area (Å²) in [6.07, 6.45) is -4.29. The molecule has 8 nitrogen and oxygen atoms in total. The van der Waals surface area contributed by atoms with Gasteiger partial charge in [-0.05, 0) is 49.9 Å². The molecule has 1 aliphatic heterocycles. The van der Waals surface area contributed by atoms with Crippen molar-refractivity contribution in [2.75, 3.05) is 5.73 Å². The van der Waals surface area contributed by atoms with E-state index in [4.69, 9.17) is 5.73 Å². The molecule has 1 aromatic carbocycles. The second-order valence-electron chi connectivity index (χ2n) is 8.32. The number of aryl methyl sites for hydroxylation is 1. The average Bonchev–Trinajstić information content (AvgIpc) is 3.12. The van der Waals surface area contributed by atoms with E-state index in [1.807, 2.05) is 0 Å². The number of rotatable bonds is 7. The van der Waals surface area contributed by atoms with Crippen LogP contribution in [0.1, 0.15) is 35.7 Å². The number of halogens is 3. The number of benzene rings is 1. The summed E-state index contributed by atoms with van der Waals surface area (Å²) in [7, 11) is 0. The number of hydrogen-bond acceptors (Lipinski definition) is 5. The fraction of sp³-hybridized carbons (Fsp3) is 0.391. The fourth-order valence-electron chi connectivity index (χ4n) is 3.76. The van der Waals surface area contributed by atoms with Crippen LogP contribution in [0.4, 0.5) is 19.0 Å². The number of anilines is 1. The Balaban J connectivity index is 1.52. The molecule has 1 aromatic heterocycles. The van der Waals surface area contributed by atoms with Crippen LogP contribution in [-0.2, 0) is 33.5 Å². The number of hydrogen-bond donors (Lipinski definition) is 4. The molecule has 1 saturated heterocycles. The van der Waals surface area contributed by atoms with Crippen LogP contribution in [0.2, 0.25) is 0 Å². The van der Waals surface area contributed by atoms with Crippen LogP contribution < -0.4 is 21.7 Å². The molecule has 0 aliphatic carbocycles. The van der Waals surface area contributed by atoms with Crippen LogP contribution in [-0.4, -0.2) is 34.8 Å². The molecule has 182 valence electrons. The van der Waals surface area contributed by atoms with E-state index >= 15 is 0 Å². The van der Waals surface area contributed by atoms with Crippen molar-refractivity contribution in [3.8, 4) is 0 Å². The number of carbonyl (C=O) groups excluding carboxylic acids is 3. The summed E-state index contributed by atoms with van der Waals surface area (Å²) in [5.74, 6) is -1.65. The van der Waals surface area contributed by atoms with E-state index in [1.165, 1.54) is 19.1 Å². The number of pyridine rings is 1. The Morgan fingerprint density at radius 2 is 2.00 bits per heavy atom. The topological polar surface area (TPSA) is 126 Å². The van der Waals surface area contributed by atoms with Crippen LogP contribution in [0.25, 0.3) is 0 Å². The molecule has 0 bridgehead atoms. The van der Waals surface area contributed by atoms with Crippen molar-refractivity contribution in [1.29, 1.82) is 0 Å². The molecule has 3 rings (SSSR count). The largest absolute Gasteiger partial charge is 0.416 e. The van der Waals surface area contributed by atoms with Crippen LogP contribution in [0.5, 0.6) is 0 Å². The van der Waals surface area contributed by atoms with Gasteiger partial charge >= 0.3 is 6.18 Å². The lowest BCUT2D eigenvalue weighted by molar-refractivity contribution is -0.137. The minimum absolute atomic E-state index is 0.0740. The number of nitrogens with two attached hydrogens (primary N) is 1. The van der Waals surface area contributed by atoms with Crippen molar-refractivity contribution in [3.63, 3.8) is 0 Å². The smallest absolute Gasteiger partial charge is 0.384 e. The van der Waals surface area contributed by atoms with Crippen molar-refractivity contribution in [1.82, 2.24) is 20.9 Å². The molecular weight excluding hydrogens is 451 g/mol. The summed E-state index contributed by atoms with van der Waals surface area (Å²) >= 11 is 0. The van der Waals surface area contributed by atoms with Gasteiger partial charge in [-0.25, -0.2) is 4.98 Å². The van der Waals surface area contributed by atoms with Gasteiger partial charge in [0.15, 0.2) is 0 Å². The molecule has 2 heterocycles. The van der Waals surface area contributed by atoms with E-state index in [0.29, 0.717) is 17.1 Å². The third kappa shape index (κ3) is 6.24. The van der Waals surface area contributed by atoms with Crippen molar-refractivity contribution < 1.29 is 27.6 Å². The highest BCUT2D eigenvalue weighted by atomic mass is 19.4. The first-order chi connectivity index (χ1) is 15.9. The Morgan fingerprint density at radius 1 is 1.26 bits per heavy atom. The summed E-state index contributed by atoms with van der Waals surface area (Å²) in [6, 6.07) is 6.41. The molecular formula is C23H26F3N5O3. The van der Waals surface area contributed by atoms with Gasteiger partial charge in [0.1, 0.15) is 17.9 Å². The Labute approximate surface area is 194 Å². The molecule has 0 radical (unpaired) electrons. The first-order valence-electron chi connectivity index (χ1n) is 10.7. The first kappa shape index (κ1) is 25.0. The van der Waals surface area contributed by atoms with Crippen molar-refractivity contribution in [2.24, 2.45) is 5.92 Å². The second-order valence-corrected chi connectivity index (χ2v) is 8.32. The number of nitrogens with zero attached hydrogens (tertiary/aromatic N) is 1. The molecule has 1 fully saturated rings. The van der Waals surface area contributed by atoms with Crippen molar-refractivity contribution >= 4 is 23.5 Å². The monoisotopic (exact) mass is 477 g/mol. The second kappa shape index (κ2) is 10.1. The Morgan fingerprint density at radius 3 is 2.68 bits per heavy atom. The van der Waals surface area contributed by atoms with Gasteiger partial charge in [-0.2, -0.15) is 13.2 Å². The maximum atomic E-state index is 12.9. The van der Waals surface area contributed by atoms with Crippen LogP contribution >= 0.6 is 0 Å². The molecule has 5 N–H and O–H groups in total. The molecule has 0 spiro atoms. The number of carbonyl (C=O) groups is 3. The van der Waals surface area contributed by atoms with E-state index in [0.717, 1.165) is 17.7 Å². The zero-order chi connectivity index (χ0) is 25.0. The lowest BCUT2D eigenvalue weighted by Gasteiger charge is -2.17. The summed E-state index contributed by atoms with van der Waals surface area (Å²) in [5.41, 5.74) is 6.64. The van der Waals surface area contributed by atoms with Crippen molar-refractivity contribution in [3.05, 3.63) is 58.8 Å². The van der Waals surface area contributed by atoms with Gasteiger partial charge in [0.2, 0.25) is 17.7 Å². The first-order valence-corrected chi connectivity index (χ1v) is 10.7. The molecule has 11 heteroatoms. The van der Waals surface area contributed by atoms with Crippen LogP contribution in [0.3, 0.4) is 0 Å². The van der Waals surface area contributed by atoms with Gasteiger partial charge in [-0.3, -0.25) is 14.4 Å². The highest BCUT2D eigenvalue weighted by Gasteiger charge is 2.37. The van der Waals surface area contributed by atoms with Gasteiger partial charge in [0.25, 0.3) is 0 Å². The third-order valence-corrected chi connectivity index (χ3v) is 5.68. The number of amides is 3. The number of nitrogens with one attached hydrogen (secondary N) is 3. The molecule has 0 saturated carbocycles. The lowest BCUT2D eigenvalue weighted by atomic mass is 9.95. The predicted octanol–water partition coefficient (Wildman–Crippen LogP) is 1.86. The standard InChI is InChI=1S/C23H26F3N5O3/c1-12-15(6-7-19(27)29-12)11-28-20(32)13(2)30-22(34)18-10-16(21(33)31-18)8-14-4-3-5-17(9-14)23(24,25)26/h3-7,9,13,16,18H,8,10-11H2,1-2H3,(H2,27,29)(H,28,32)(H,30,34)(H,31,33)/t13-,16-,18+/m0/s1. The summed E-state index contributed by atoms with van der Waals surface area (Å²) < 4.78 is 38.8. The zero-order valence-electron chi connectivity index (χ0n) is 18.7. The molecule has 3 amide bonds. The highest BCUT2D eigenvalue weighted by molar-refractivity contribution is 5.94. The third-order valence-electron chi connectivity index (χ3n) is 5.68. The quantitative estimate of drug-likeness (QED) is 0.484. The number of nitrogen functional groups attached to an aromatic ring is 1. The van der Waals surface area contributed by atoms with E-state index in [1.54, 1.807) is 19.1 Å². The highest BCUT2D eigenvalue weighted by Crippen LogP contribution is 2.30. The van der Waals surface area contributed by atoms with E-state index in [2.05, 4.69) is 20.9 Å². The van der Waals surface area contributed by atoms with E-state index < -0.39 is 47.5 Å². The summed E-state index contributed by atoms with van der Waals surface area (Å²) in [6.45, 7) is 3.48. The Kier molecular flexibility index (Phi) is 7.43. The molecule has 34 heavy (non-hydrogen) atoms. The number of aromatic nitrogens is 1. The lowest BCUT2D eigenvalue weighted by Crippen LogP contribution is -2.50. The fourth-order valence-corrected chi connectivity index (χ4v) is 3.76. The summed E-state index contributed by atoms with van der Waals surface area (Å²) in [5, 5.41) is 7.83.